The molecule has 6 spiro atoms. The van der Waals surface area contributed by atoms with Gasteiger partial charge in [-0.25, -0.2) is 0 Å². The third kappa shape index (κ3) is 32.1. The van der Waals surface area contributed by atoms with Crippen molar-refractivity contribution in [1.82, 2.24) is 0 Å². The van der Waals surface area contributed by atoms with Crippen molar-refractivity contribution in [3.05, 3.63) is 176 Å². The van der Waals surface area contributed by atoms with E-state index in [1.54, 1.807) is 0 Å². The monoisotopic (exact) mass is 2330 g/mol. The topological polar surface area (TPSA) is 196 Å². The van der Waals surface area contributed by atoms with E-state index >= 15 is 0 Å². The van der Waals surface area contributed by atoms with E-state index in [-0.39, 0.29) is 0 Å². The third-order valence-corrected chi connectivity index (χ3v) is 26.9. The van der Waals surface area contributed by atoms with Crippen LogP contribution in [0.15, 0.2) is 139 Å². The van der Waals surface area contributed by atoms with Crippen LogP contribution >= 0.6 is 102 Å². The van der Waals surface area contributed by atoms with Gasteiger partial charge in [-0.05, 0) is 279 Å². The standard InChI is InChI=1S/2C16H21NO.2C15H19NO.2C14H17NO.12ClH.6Zr/c1-12-5-4-6-13(15(12)18)11-17-14-7-10-16(14)8-2-3-9-16;1-12-6-5-7-13(15(12)18)11-17-14-10-16(14)8-3-2-4-9-16;1-11-4-2-5-12(14(11)17)10-16-13-6-9-15(13)7-3-8-15;1-11-5-4-6-12(14(11)17)10-16-13-9-15(13)7-2-3-8-15;1-10-4-2-5-11(13(10)16)9-15-12-8-14(12)6-3-7-14;1-10-3-2-4-11(13(10)16)9-15-12-5-6-14(12)7-8-14;;;;;;;;;;;;;;;;;;/h4-6,11,14,18H,2-3,7-10H2,1H3;5-7,11,14,18H,2-4,8-10H2,1H3;2,4-5,10,13,17H,3,6-9H2,1H3;4-6,10,13,17H,2-3,7-9H2,1H3;2,4-5,9,12,16H,3,6-8H2,1H3;2-4,9,12,16H,5-8H2,1H3;12*1H;;;;;;/q;;;;;;;;;;;;;;;;;;6*+2/p-12. The van der Waals surface area contributed by atoms with E-state index in [4.69, 9.17) is 117 Å². The first-order valence-electron chi connectivity index (χ1n) is 41.4. The van der Waals surface area contributed by atoms with E-state index in [0.717, 1.165) is 66.8 Å². The molecule has 0 aliphatic heterocycles. The molecule has 6 aromatic rings. The SMILES string of the molecule is Cc1cccc(C=NC2CC23CCC3)c1O.Cc1cccc(C=NC2CC23CCCC3)c1O.Cc1cccc(C=NC2CC23CCCCC3)c1O.Cc1cccc(C=NC2CCC23CC3)c1O.Cc1cccc(C=NC2CCC23CCC3)c1O.Cc1cccc(C=NC2CCC23CCCC3)c1O.[Cl][Zr][Cl].[Cl][Zr][Cl].[Cl][Zr][Cl].[Cl][Zr][Cl].[Cl][Zr][Cl].[Cl][Zr][Cl]. The number of phenols is 6. The molecule has 0 radical (unpaired) electrons. The molecule has 12 saturated carbocycles. The number of aromatic hydroxyl groups is 6. The molecule has 6 atom stereocenters. The third-order valence-electron chi connectivity index (χ3n) is 26.9. The predicted molar refractivity (Wildman–Crippen MR) is 489 cm³/mol. The minimum absolute atomic E-state index is 0.370. The molecular weight excluding hydrogens is 2230 g/mol. The minimum atomic E-state index is -0.826. The first-order valence-corrected chi connectivity index (χ1v) is 79.4. The second-order valence-electron chi connectivity index (χ2n) is 33.9. The Balaban J connectivity index is 0.000000191. The zero-order chi connectivity index (χ0) is 87.5. The van der Waals surface area contributed by atoms with Gasteiger partial charge in [-0.3, -0.25) is 30.0 Å². The molecule has 0 aromatic heterocycles. The number of rotatable bonds is 12. The Bertz CT molecular complexity index is 4290. The quantitative estimate of drug-likeness (QED) is 0.0660. The van der Waals surface area contributed by atoms with Crippen LogP contribution in [0.4, 0.5) is 0 Å². The molecule has 0 bridgehead atoms. The number of phenolic OH excluding ortho intramolecular Hbond substituents is 6. The van der Waals surface area contributed by atoms with Gasteiger partial charge in [0.05, 0.1) is 36.3 Å². The number of hydrogen-bond donors (Lipinski definition) is 6. The molecule has 18 rings (SSSR count). The normalized spacial score (nSPS) is 22.6. The van der Waals surface area contributed by atoms with Gasteiger partial charge < -0.3 is 30.6 Å². The summed E-state index contributed by atoms with van der Waals surface area (Å²) in [6.45, 7) is 11.5. The van der Waals surface area contributed by atoms with E-state index in [2.05, 4.69) is 15.0 Å². The molecule has 30 heteroatoms. The predicted octanol–water partition coefficient (Wildman–Crippen LogP) is 29.0. The Kier molecular flexibility index (Phi) is 49.9. The van der Waals surface area contributed by atoms with Crippen molar-refractivity contribution < 1.29 is 156 Å². The summed E-state index contributed by atoms with van der Waals surface area (Å²) < 4.78 is 0. The first-order chi connectivity index (χ1) is 57.8. The molecule has 648 valence electrons. The van der Waals surface area contributed by atoms with E-state index in [1.807, 2.05) is 188 Å². The summed E-state index contributed by atoms with van der Waals surface area (Å²) in [7, 11) is 59.2. The van der Waals surface area contributed by atoms with Gasteiger partial charge in [0.15, 0.2) is 0 Å². The van der Waals surface area contributed by atoms with Crippen molar-refractivity contribution in [3.8, 4) is 34.5 Å². The molecule has 6 N–H and O–H groups in total. The Labute approximate surface area is 826 Å². The zero-order valence-electron chi connectivity index (χ0n) is 69.4. The van der Waals surface area contributed by atoms with Crippen LogP contribution in [0.2, 0.25) is 0 Å². The fourth-order valence-corrected chi connectivity index (χ4v) is 18.3. The Hall–Kier alpha value is 0.919. The van der Waals surface area contributed by atoms with Crippen molar-refractivity contribution in [3.63, 3.8) is 0 Å². The van der Waals surface area contributed by atoms with Gasteiger partial charge in [-0.1, -0.05) is 131 Å². The average Bonchev–Trinajstić information content (AvgIpc) is 1.58. The summed E-state index contributed by atoms with van der Waals surface area (Å²) in [5.41, 5.74) is 13.9. The van der Waals surface area contributed by atoms with E-state index in [9.17, 15) is 30.6 Å². The van der Waals surface area contributed by atoms with Crippen molar-refractivity contribution in [2.75, 3.05) is 0 Å². The van der Waals surface area contributed by atoms with Crippen LogP contribution in [0.1, 0.15) is 259 Å². The molecule has 0 saturated heterocycles. The Morgan fingerprint density at radius 2 is 0.400 bits per heavy atom. The first kappa shape index (κ1) is 108. The molecular formula is C90H114Cl12N6O6Zr6. The number of hydrogen-bond acceptors (Lipinski definition) is 12. The Morgan fingerprint density at radius 3 is 0.567 bits per heavy atom. The summed E-state index contributed by atoms with van der Waals surface area (Å²) >= 11 is -4.95. The van der Waals surface area contributed by atoms with Gasteiger partial charge >= 0.3 is 227 Å². The average molecular weight is 2350 g/mol. The zero-order valence-corrected chi connectivity index (χ0v) is 93.3. The van der Waals surface area contributed by atoms with Crippen LogP contribution in [0.5, 0.6) is 34.5 Å². The number of benzene rings is 6. The number of nitrogens with zero attached hydrogens (tertiary/aromatic N) is 6. The van der Waals surface area contributed by atoms with Gasteiger partial charge in [0, 0.05) is 70.7 Å². The summed E-state index contributed by atoms with van der Waals surface area (Å²) in [5.74, 6) is 2.24. The summed E-state index contributed by atoms with van der Waals surface area (Å²) in [6, 6.07) is 38.0. The van der Waals surface area contributed by atoms with Gasteiger partial charge in [-0.2, -0.15) is 0 Å². The molecule has 12 aliphatic rings. The number of halogens is 12. The molecule has 6 aromatic carbocycles. The Morgan fingerprint density at radius 1 is 0.233 bits per heavy atom. The van der Waals surface area contributed by atoms with Crippen LogP contribution in [-0.2, 0) is 125 Å². The maximum atomic E-state index is 9.97. The van der Waals surface area contributed by atoms with Gasteiger partial charge in [0.25, 0.3) is 0 Å². The van der Waals surface area contributed by atoms with E-state index in [0.29, 0.717) is 103 Å². The fourth-order valence-electron chi connectivity index (χ4n) is 18.3. The van der Waals surface area contributed by atoms with Crippen molar-refractivity contribution in [2.24, 2.45) is 62.4 Å². The second-order valence-corrected chi connectivity index (χ2v) is 56.2. The molecule has 6 unspecified atom stereocenters. The van der Waals surface area contributed by atoms with Crippen molar-refractivity contribution >= 4 is 139 Å². The fraction of sp³-hybridized carbons (Fsp3) is 0.533. The number of aryl methyl sites for hydroxylation is 6. The van der Waals surface area contributed by atoms with Gasteiger partial charge in [0.1, 0.15) is 34.5 Å². The van der Waals surface area contributed by atoms with E-state index in [1.165, 1.54) is 193 Å². The van der Waals surface area contributed by atoms with Crippen LogP contribution in [0, 0.1) is 74.0 Å². The summed E-state index contributed by atoms with van der Waals surface area (Å²) in [6.07, 6.45) is 51.4. The molecule has 12 fully saturated rings. The van der Waals surface area contributed by atoms with Gasteiger partial charge in [-0.15, -0.1) is 0 Å². The molecule has 12 nitrogen and oxygen atoms in total. The summed E-state index contributed by atoms with van der Waals surface area (Å²) in [5, 5.41) is 59.4. The van der Waals surface area contributed by atoms with Crippen LogP contribution < -0.4 is 0 Å². The van der Waals surface area contributed by atoms with Crippen molar-refractivity contribution in [1.29, 1.82) is 0 Å². The van der Waals surface area contributed by atoms with Gasteiger partial charge in [0.2, 0.25) is 0 Å². The summed E-state index contributed by atoms with van der Waals surface area (Å²) in [4.78, 5) is 28.0. The molecule has 120 heavy (non-hydrogen) atoms. The maximum absolute atomic E-state index is 9.97. The van der Waals surface area contributed by atoms with E-state index < -0.39 is 125 Å². The molecule has 0 heterocycles. The molecule has 12 aliphatic carbocycles. The van der Waals surface area contributed by atoms with Crippen molar-refractivity contribution in [2.45, 2.75) is 270 Å². The van der Waals surface area contributed by atoms with Crippen LogP contribution in [-0.4, -0.2) is 104 Å². The van der Waals surface area contributed by atoms with Crippen LogP contribution in [0.25, 0.3) is 0 Å². The second kappa shape index (κ2) is 55.4. The molecule has 0 amide bonds. The number of aliphatic imine (C=N–C) groups is 6. The number of para-hydroxylation sites is 6. The van der Waals surface area contributed by atoms with Crippen LogP contribution in [0.3, 0.4) is 0 Å².